The zero-order valence-electron chi connectivity index (χ0n) is 6.26. The Balaban J connectivity index is 0.000000605. The molecule has 0 radical (unpaired) electrons. The minimum atomic E-state index is 0. The summed E-state index contributed by atoms with van der Waals surface area (Å²) < 4.78 is 0. The number of benzene rings is 1. The van der Waals surface area contributed by atoms with Crippen LogP contribution >= 0.6 is 0 Å². The van der Waals surface area contributed by atoms with Crippen LogP contribution in [0.2, 0.25) is 0 Å². The van der Waals surface area contributed by atoms with Crippen LogP contribution in [0.5, 0.6) is 0 Å². The quantitative estimate of drug-likeness (QED) is 0.616. The van der Waals surface area contributed by atoms with Gasteiger partial charge >= 0.3 is 0 Å². The molecule has 2 rings (SSSR count). The summed E-state index contributed by atoms with van der Waals surface area (Å²) in [6, 6.07) is 8.01. The predicted octanol–water partition coefficient (Wildman–Crippen LogP) is 1.87. The van der Waals surface area contributed by atoms with Crippen molar-refractivity contribution in [3.05, 3.63) is 30.1 Å². The molecule has 11 heavy (non-hydrogen) atoms. The van der Waals surface area contributed by atoms with Gasteiger partial charge in [-0.3, -0.25) is 0 Å². The Morgan fingerprint density at radius 1 is 1.27 bits per heavy atom. The van der Waals surface area contributed by atoms with Gasteiger partial charge in [0.05, 0.1) is 11.0 Å². The predicted molar refractivity (Wildman–Crippen MR) is 40.8 cm³/mol. The van der Waals surface area contributed by atoms with Gasteiger partial charge in [0.1, 0.15) is 5.82 Å². The van der Waals surface area contributed by atoms with Crippen molar-refractivity contribution in [1.82, 2.24) is 9.97 Å². The molecule has 1 aromatic heterocycles. The standard InChI is InChI=1S/C8H8N2.Ti/c1-6-9-7-4-2-3-5-8(7)10-6;/h2-5H,1H3,(H,9,10);. The monoisotopic (exact) mass is 180 g/mol. The smallest absolute Gasteiger partial charge is 0.104 e. The van der Waals surface area contributed by atoms with Crippen LogP contribution in [0.1, 0.15) is 5.82 Å². The van der Waals surface area contributed by atoms with Gasteiger partial charge in [-0.1, -0.05) is 12.1 Å². The van der Waals surface area contributed by atoms with Crippen molar-refractivity contribution < 1.29 is 21.7 Å². The summed E-state index contributed by atoms with van der Waals surface area (Å²) in [5.74, 6) is 0.973. The average Bonchev–Trinajstić information content (AvgIpc) is 2.27. The fraction of sp³-hybridized carbons (Fsp3) is 0.125. The first-order valence-electron chi connectivity index (χ1n) is 3.27. The molecule has 0 aliphatic heterocycles. The van der Waals surface area contributed by atoms with Crippen LogP contribution in [0.3, 0.4) is 0 Å². The second kappa shape index (κ2) is 3.20. The number of nitrogens with zero attached hydrogens (tertiary/aromatic N) is 1. The molecule has 1 aromatic carbocycles. The van der Waals surface area contributed by atoms with Gasteiger partial charge < -0.3 is 4.98 Å². The third-order valence-electron chi connectivity index (χ3n) is 1.51. The van der Waals surface area contributed by atoms with E-state index in [1.807, 2.05) is 31.2 Å². The number of hydrogen-bond donors (Lipinski definition) is 1. The van der Waals surface area contributed by atoms with E-state index >= 15 is 0 Å². The number of fused-ring (bicyclic) bond motifs is 1. The van der Waals surface area contributed by atoms with Crippen LogP contribution in [0, 0.1) is 6.92 Å². The van der Waals surface area contributed by atoms with Crippen LogP contribution < -0.4 is 0 Å². The minimum Gasteiger partial charge on any atom is -0.342 e. The molecule has 0 unspecified atom stereocenters. The minimum absolute atomic E-state index is 0. The maximum Gasteiger partial charge on any atom is 0.104 e. The van der Waals surface area contributed by atoms with Gasteiger partial charge in [-0.05, 0) is 19.1 Å². The van der Waals surface area contributed by atoms with Crippen molar-refractivity contribution in [3.63, 3.8) is 0 Å². The topological polar surface area (TPSA) is 28.7 Å². The van der Waals surface area contributed by atoms with Crippen LogP contribution in [-0.4, -0.2) is 9.97 Å². The van der Waals surface area contributed by atoms with Gasteiger partial charge in [0, 0.05) is 21.7 Å². The fourth-order valence-electron chi connectivity index (χ4n) is 1.08. The van der Waals surface area contributed by atoms with Crippen LogP contribution in [0.4, 0.5) is 0 Å². The molecular formula is C8H8N2Ti. The molecule has 1 heterocycles. The molecule has 0 spiro atoms. The number of hydrogen-bond acceptors (Lipinski definition) is 1. The molecular weight excluding hydrogens is 172 g/mol. The Kier molecular flexibility index (Phi) is 2.47. The molecule has 0 saturated carbocycles. The second-order valence-corrected chi connectivity index (χ2v) is 2.34. The van der Waals surface area contributed by atoms with Gasteiger partial charge in [-0.15, -0.1) is 0 Å². The van der Waals surface area contributed by atoms with E-state index < -0.39 is 0 Å². The van der Waals surface area contributed by atoms with E-state index in [-0.39, 0.29) is 21.7 Å². The summed E-state index contributed by atoms with van der Waals surface area (Å²) in [4.78, 5) is 7.40. The van der Waals surface area contributed by atoms with Gasteiger partial charge in [-0.25, -0.2) is 4.98 Å². The Labute approximate surface area is 79.9 Å². The zero-order chi connectivity index (χ0) is 6.97. The summed E-state index contributed by atoms with van der Waals surface area (Å²) in [6.45, 7) is 1.96. The molecule has 54 valence electrons. The maximum absolute atomic E-state index is 4.26. The van der Waals surface area contributed by atoms with E-state index in [9.17, 15) is 0 Å². The molecule has 0 bridgehead atoms. The maximum atomic E-state index is 4.26. The van der Waals surface area contributed by atoms with E-state index in [0.717, 1.165) is 16.9 Å². The van der Waals surface area contributed by atoms with Crippen molar-refractivity contribution in [2.24, 2.45) is 0 Å². The molecule has 1 N–H and O–H groups in total. The van der Waals surface area contributed by atoms with Gasteiger partial charge in [0.25, 0.3) is 0 Å². The summed E-state index contributed by atoms with van der Waals surface area (Å²) in [7, 11) is 0. The largest absolute Gasteiger partial charge is 0.342 e. The van der Waals surface area contributed by atoms with Crippen LogP contribution in [-0.2, 0) is 21.7 Å². The van der Waals surface area contributed by atoms with Gasteiger partial charge in [0.15, 0.2) is 0 Å². The van der Waals surface area contributed by atoms with E-state index in [0.29, 0.717) is 0 Å². The summed E-state index contributed by atoms with van der Waals surface area (Å²) in [5, 5.41) is 0. The zero-order valence-corrected chi connectivity index (χ0v) is 7.82. The molecule has 0 aliphatic rings. The Morgan fingerprint density at radius 3 is 2.73 bits per heavy atom. The second-order valence-electron chi connectivity index (χ2n) is 2.34. The first-order valence-corrected chi connectivity index (χ1v) is 3.27. The number of aromatic amines is 1. The number of H-pyrrole nitrogens is 1. The van der Waals surface area contributed by atoms with Crippen molar-refractivity contribution in [1.29, 1.82) is 0 Å². The summed E-state index contributed by atoms with van der Waals surface area (Å²) in [6.07, 6.45) is 0. The van der Waals surface area contributed by atoms with Gasteiger partial charge in [0.2, 0.25) is 0 Å². The molecule has 0 amide bonds. The van der Waals surface area contributed by atoms with Crippen molar-refractivity contribution in [2.75, 3.05) is 0 Å². The van der Waals surface area contributed by atoms with Crippen molar-refractivity contribution in [2.45, 2.75) is 6.92 Å². The summed E-state index contributed by atoms with van der Waals surface area (Å²) >= 11 is 0. The van der Waals surface area contributed by atoms with E-state index in [4.69, 9.17) is 0 Å². The first kappa shape index (κ1) is 8.50. The van der Waals surface area contributed by atoms with Crippen LogP contribution in [0.15, 0.2) is 24.3 Å². The third-order valence-corrected chi connectivity index (χ3v) is 1.51. The van der Waals surface area contributed by atoms with Crippen molar-refractivity contribution >= 4 is 11.0 Å². The normalized spacial score (nSPS) is 9.55. The van der Waals surface area contributed by atoms with E-state index in [1.165, 1.54) is 0 Å². The van der Waals surface area contributed by atoms with Gasteiger partial charge in [-0.2, -0.15) is 0 Å². The Morgan fingerprint density at radius 2 is 2.00 bits per heavy atom. The number of nitrogens with one attached hydrogen (secondary N) is 1. The van der Waals surface area contributed by atoms with E-state index in [1.54, 1.807) is 0 Å². The molecule has 0 fully saturated rings. The van der Waals surface area contributed by atoms with Crippen LogP contribution in [0.25, 0.3) is 11.0 Å². The first-order chi connectivity index (χ1) is 4.86. The Hall–Kier alpha value is -0.596. The number of aromatic nitrogens is 2. The molecule has 0 saturated heterocycles. The number of rotatable bonds is 0. The fourth-order valence-corrected chi connectivity index (χ4v) is 1.08. The number of para-hydroxylation sites is 2. The molecule has 0 atom stereocenters. The summed E-state index contributed by atoms with van der Waals surface area (Å²) in [5.41, 5.74) is 2.15. The third kappa shape index (κ3) is 1.52. The molecule has 3 heteroatoms. The SMILES string of the molecule is Cc1nc2ccccc2[nH]1.[Ti]. The molecule has 0 aliphatic carbocycles. The number of imidazole rings is 1. The van der Waals surface area contributed by atoms with Crippen molar-refractivity contribution in [3.8, 4) is 0 Å². The molecule has 2 nitrogen and oxygen atoms in total. The number of aryl methyl sites for hydroxylation is 1. The average molecular weight is 180 g/mol. The molecule has 2 aromatic rings. The van der Waals surface area contributed by atoms with E-state index in [2.05, 4.69) is 9.97 Å². The Bertz CT molecular complexity index is 321.